The molecule has 2 aromatic rings. The average molecular weight is 273 g/mol. The van der Waals surface area contributed by atoms with Crippen LogP contribution in [0.4, 0.5) is 11.5 Å². The summed E-state index contributed by atoms with van der Waals surface area (Å²) in [5.41, 5.74) is -0.0514. The molecule has 0 unspecified atom stereocenters. The predicted molar refractivity (Wildman–Crippen MR) is 76.2 cm³/mol. The van der Waals surface area contributed by atoms with E-state index in [1.807, 2.05) is 25.1 Å². The van der Waals surface area contributed by atoms with Crippen LogP contribution < -0.4 is 10.1 Å². The summed E-state index contributed by atoms with van der Waals surface area (Å²) in [5, 5.41) is 13.9. The normalized spacial score (nSPS) is 10.1. The molecule has 6 heteroatoms. The number of anilines is 1. The predicted octanol–water partition coefficient (Wildman–Crippen LogP) is 3.60. The molecular formula is C14H15N3O3. The summed E-state index contributed by atoms with van der Waals surface area (Å²) in [4.78, 5) is 14.7. The number of hydrogen-bond acceptors (Lipinski definition) is 5. The fourth-order valence-corrected chi connectivity index (χ4v) is 1.60. The molecule has 0 saturated heterocycles. The van der Waals surface area contributed by atoms with Crippen LogP contribution >= 0.6 is 0 Å². The van der Waals surface area contributed by atoms with Gasteiger partial charge in [-0.1, -0.05) is 25.1 Å². The second-order valence-electron chi connectivity index (χ2n) is 4.15. The first-order valence-corrected chi connectivity index (χ1v) is 6.32. The second kappa shape index (κ2) is 6.51. The number of nitro groups is 1. The Morgan fingerprint density at radius 2 is 2.05 bits per heavy atom. The highest BCUT2D eigenvalue weighted by Crippen LogP contribution is 2.26. The van der Waals surface area contributed by atoms with Crippen LogP contribution in [0.5, 0.6) is 11.6 Å². The molecule has 1 heterocycles. The molecule has 0 amide bonds. The topological polar surface area (TPSA) is 77.3 Å². The number of para-hydroxylation sites is 1. The van der Waals surface area contributed by atoms with Crippen molar-refractivity contribution in [1.82, 2.24) is 4.98 Å². The van der Waals surface area contributed by atoms with E-state index in [9.17, 15) is 10.1 Å². The average Bonchev–Trinajstić information content (AvgIpc) is 2.46. The monoisotopic (exact) mass is 273 g/mol. The van der Waals surface area contributed by atoms with Crippen molar-refractivity contribution in [3.05, 3.63) is 52.6 Å². The number of pyridine rings is 1. The standard InChI is InChI=1S/C14H15N3O3/c1-2-8-15-13-9-11(17(18)19)10-14(16-13)20-12-6-4-3-5-7-12/h3-7,9-10H,2,8H2,1H3,(H,15,16). The maximum absolute atomic E-state index is 10.9. The zero-order valence-corrected chi connectivity index (χ0v) is 11.1. The Morgan fingerprint density at radius 1 is 1.30 bits per heavy atom. The summed E-state index contributed by atoms with van der Waals surface area (Å²) in [6.45, 7) is 2.70. The number of hydrogen-bond donors (Lipinski definition) is 1. The van der Waals surface area contributed by atoms with Crippen molar-refractivity contribution in [3.63, 3.8) is 0 Å². The molecule has 0 aliphatic carbocycles. The van der Waals surface area contributed by atoms with Crippen molar-refractivity contribution in [2.75, 3.05) is 11.9 Å². The van der Waals surface area contributed by atoms with Gasteiger partial charge in [-0.05, 0) is 18.6 Å². The lowest BCUT2D eigenvalue weighted by Crippen LogP contribution is -2.03. The minimum absolute atomic E-state index is 0.0514. The van der Waals surface area contributed by atoms with E-state index in [0.717, 1.165) is 6.42 Å². The molecule has 0 aliphatic heterocycles. The summed E-state index contributed by atoms with van der Waals surface area (Å²) >= 11 is 0. The van der Waals surface area contributed by atoms with E-state index in [2.05, 4.69) is 10.3 Å². The van der Waals surface area contributed by atoms with Gasteiger partial charge in [-0.3, -0.25) is 10.1 Å². The van der Waals surface area contributed by atoms with Gasteiger partial charge in [0, 0.05) is 6.54 Å². The molecule has 20 heavy (non-hydrogen) atoms. The van der Waals surface area contributed by atoms with Crippen LogP contribution in [0, 0.1) is 10.1 Å². The Hall–Kier alpha value is -2.63. The molecular weight excluding hydrogens is 258 g/mol. The first-order chi connectivity index (χ1) is 9.69. The van der Waals surface area contributed by atoms with Gasteiger partial charge < -0.3 is 10.1 Å². The van der Waals surface area contributed by atoms with Gasteiger partial charge in [0.05, 0.1) is 17.1 Å². The van der Waals surface area contributed by atoms with E-state index in [-0.39, 0.29) is 11.6 Å². The first-order valence-electron chi connectivity index (χ1n) is 6.32. The zero-order valence-electron chi connectivity index (χ0n) is 11.1. The maximum atomic E-state index is 10.9. The van der Waals surface area contributed by atoms with Crippen LogP contribution in [0.1, 0.15) is 13.3 Å². The number of ether oxygens (including phenoxy) is 1. The summed E-state index contributed by atoms with van der Waals surface area (Å²) in [5.74, 6) is 1.22. The molecule has 6 nitrogen and oxygen atoms in total. The highest BCUT2D eigenvalue weighted by molar-refractivity contribution is 5.49. The molecule has 0 fully saturated rings. The van der Waals surface area contributed by atoms with Crippen LogP contribution in [-0.2, 0) is 0 Å². The van der Waals surface area contributed by atoms with Gasteiger partial charge in [-0.15, -0.1) is 0 Å². The van der Waals surface area contributed by atoms with E-state index in [4.69, 9.17) is 4.74 Å². The Morgan fingerprint density at radius 3 is 2.70 bits per heavy atom. The lowest BCUT2D eigenvalue weighted by Gasteiger charge is -2.08. The highest BCUT2D eigenvalue weighted by Gasteiger charge is 2.12. The van der Waals surface area contributed by atoms with Crippen molar-refractivity contribution in [2.45, 2.75) is 13.3 Å². The van der Waals surface area contributed by atoms with Gasteiger partial charge in [-0.25, -0.2) is 0 Å². The smallest absolute Gasteiger partial charge is 0.278 e. The number of nitrogens with zero attached hydrogens (tertiary/aromatic N) is 2. The van der Waals surface area contributed by atoms with Crippen LogP contribution in [0.15, 0.2) is 42.5 Å². The Kier molecular flexibility index (Phi) is 4.49. The third-order valence-corrected chi connectivity index (χ3v) is 2.52. The molecule has 0 spiro atoms. The van der Waals surface area contributed by atoms with Gasteiger partial charge in [0.15, 0.2) is 0 Å². The molecule has 1 N–H and O–H groups in total. The van der Waals surface area contributed by atoms with Gasteiger partial charge in [-0.2, -0.15) is 4.98 Å². The van der Waals surface area contributed by atoms with E-state index in [0.29, 0.717) is 18.1 Å². The Balaban J connectivity index is 2.26. The van der Waals surface area contributed by atoms with E-state index < -0.39 is 4.92 Å². The third kappa shape index (κ3) is 3.68. The molecule has 1 aromatic heterocycles. The van der Waals surface area contributed by atoms with Crippen molar-refractivity contribution in [1.29, 1.82) is 0 Å². The minimum atomic E-state index is -0.462. The summed E-state index contributed by atoms with van der Waals surface area (Å²) in [6.07, 6.45) is 0.902. The third-order valence-electron chi connectivity index (χ3n) is 2.52. The van der Waals surface area contributed by atoms with Gasteiger partial charge >= 0.3 is 0 Å². The number of aromatic nitrogens is 1. The van der Waals surface area contributed by atoms with Crippen molar-refractivity contribution in [2.24, 2.45) is 0 Å². The first kappa shape index (κ1) is 13.8. The Bertz CT molecular complexity index is 587. The quantitative estimate of drug-likeness (QED) is 0.642. The molecule has 0 bridgehead atoms. The van der Waals surface area contributed by atoms with Crippen LogP contribution in [-0.4, -0.2) is 16.5 Å². The van der Waals surface area contributed by atoms with Crippen LogP contribution in [0.3, 0.4) is 0 Å². The summed E-state index contributed by atoms with van der Waals surface area (Å²) < 4.78 is 5.53. The molecule has 0 radical (unpaired) electrons. The molecule has 104 valence electrons. The SMILES string of the molecule is CCCNc1cc([N+](=O)[O-])cc(Oc2ccccc2)n1. The molecule has 0 atom stereocenters. The van der Waals surface area contributed by atoms with E-state index >= 15 is 0 Å². The van der Waals surface area contributed by atoms with Crippen molar-refractivity contribution >= 4 is 11.5 Å². The fraction of sp³-hybridized carbons (Fsp3) is 0.214. The summed E-state index contributed by atoms with van der Waals surface area (Å²) in [6, 6.07) is 11.7. The second-order valence-corrected chi connectivity index (χ2v) is 4.15. The molecule has 1 aromatic carbocycles. The zero-order chi connectivity index (χ0) is 14.4. The number of benzene rings is 1. The largest absolute Gasteiger partial charge is 0.439 e. The number of nitrogens with one attached hydrogen (secondary N) is 1. The highest BCUT2D eigenvalue weighted by atomic mass is 16.6. The Labute approximate surface area is 116 Å². The molecule has 2 rings (SSSR count). The van der Waals surface area contributed by atoms with Crippen molar-refractivity contribution < 1.29 is 9.66 Å². The van der Waals surface area contributed by atoms with Crippen LogP contribution in [0.2, 0.25) is 0 Å². The molecule has 0 saturated carbocycles. The van der Waals surface area contributed by atoms with E-state index in [1.54, 1.807) is 12.1 Å². The van der Waals surface area contributed by atoms with Crippen molar-refractivity contribution in [3.8, 4) is 11.6 Å². The van der Waals surface area contributed by atoms with Gasteiger partial charge in [0.2, 0.25) is 5.88 Å². The lowest BCUT2D eigenvalue weighted by molar-refractivity contribution is -0.384. The van der Waals surface area contributed by atoms with Crippen LogP contribution in [0.25, 0.3) is 0 Å². The number of rotatable bonds is 6. The maximum Gasteiger partial charge on any atom is 0.278 e. The summed E-state index contributed by atoms with van der Waals surface area (Å²) in [7, 11) is 0. The molecule has 0 aliphatic rings. The fourth-order valence-electron chi connectivity index (χ4n) is 1.60. The van der Waals surface area contributed by atoms with Gasteiger partial charge in [0.25, 0.3) is 5.69 Å². The van der Waals surface area contributed by atoms with E-state index in [1.165, 1.54) is 12.1 Å². The lowest BCUT2D eigenvalue weighted by atomic mass is 10.3. The minimum Gasteiger partial charge on any atom is -0.439 e. The van der Waals surface area contributed by atoms with Gasteiger partial charge in [0.1, 0.15) is 11.6 Å².